The van der Waals surface area contributed by atoms with Crippen LogP contribution in [0.4, 0.5) is 0 Å². The lowest BCUT2D eigenvalue weighted by molar-refractivity contribution is 0.0487. The van der Waals surface area contributed by atoms with E-state index in [0.717, 1.165) is 55.2 Å². The third kappa shape index (κ3) is 8.92. The maximum atomic E-state index is 5.56. The number of hydrogen-bond donors (Lipinski definition) is 2. The maximum absolute atomic E-state index is 5.56. The first kappa shape index (κ1) is 23.8. The molecule has 0 aliphatic carbocycles. The molecule has 1 aromatic carbocycles. The Morgan fingerprint density at radius 3 is 2.67 bits per heavy atom. The first-order valence-electron chi connectivity index (χ1n) is 10.8. The van der Waals surface area contributed by atoms with Gasteiger partial charge in [0.15, 0.2) is 11.8 Å². The molecule has 0 aliphatic rings. The van der Waals surface area contributed by atoms with Crippen LogP contribution in [0.3, 0.4) is 0 Å². The third-order valence-electron chi connectivity index (χ3n) is 4.35. The van der Waals surface area contributed by atoms with Crippen LogP contribution >= 0.6 is 0 Å². The number of hydrogen-bond acceptors (Lipinski definition) is 6. The van der Waals surface area contributed by atoms with Crippen molar-refractivity contribution in [1.29, 1.82) is 0 Å². The lowest BCUT2D eigenvalue weighted by Crippen LogP contribution is -2.38. The van der Waals surface area contributed by atoms with E-state index in [4.69, 9.17) is 14.0 Å². The molecular weight excluding hydrogens is 382 g/mol. The van der Waals surface area contributed by atoms with Crippen LogP contribution in [0.25, 0.3) is 11.5 Å². The second kappa shape index (κ2) is 14.5. The predicted octanol–water partition coefficient (Wildman–Crippen LogP) is 3.19. The lowest BCUT2D eigenvalue weighted by Gasteiger charge is -2.12. The summed E-state index contributed by atoms with van der Waals surface area (Å²) in [5, 5.41) is 10.6. The lowest BCUT2D eigenvalue weighted by atomic mass is 10.1. The van der Waals surface area contributed by atoms with Gasteiger partial charge in [0, 0.05) is 38.7 Å². The topological polar surface area (TPSA) is 93.8 Å². The Hall–Kier alpha value is -2.45. The van der Waals surface area contributed by atoms with Gasteiger partial charge in [0.2, 0.25) is 0 Å². The number of nitrogens with zero attached hydrogens (tertiary/aromatic N) is 3. The molecule has 1 aromatic heterocycles. The Kier molecular flexibility index (Phi) is 11.5. The molecular formula is C22H35N5O3. The van der Waals surface area contributed by atoms with Crippen LogP contribution in [0.1, 0.15) is 44.5 Å². The van der Waals surface area contributed by atoms with E-state index in [9.17, 15) is 0 Å². The summed E-state index contributed by atoms with van der Waals surface area (Å²) in [7, 11) is 1.75. The van der Waals surface area contributed by atoms with Crippen LogP contribution in [-0.2, 0) is 22.4 Å². The van der Waals surface area contributed by atoms with Gasteiger partial charge in [-0.15, -0.1) is 0 Å². The average Bonchev–Trinajstić information content (AvgIpc) is 3.24. The first-order valence-corrected chi connectivity index (χ1v) is 10.8. The number of guanidine groups is 1. The van der Waals surface area contributed by atoms with Crippen LogP contribution < -0.4 is 10.6 Å². The molecule has 2 aromatic rings. The second-order valence-electron chi connectivity index (χ2n) is 6.90. The van der Waals surface area contributed by atoms with Crippen LogP contribution in [0, 0.1) is 0 Å². The molecule has 0 atom stereocenters. The first-order chi connectivity index (χ1) is 14.8. The Labute approximate surface area is 179 Å². The van der Waals surface area contributed by atoms with Gasteiger partial charge < -0.3 is 24.6 Å². The number of rotatable bonds is 14. The largest absolute Gasteiger partial charge is 0.379 e. The van der Waals surface area contributed by atoms with E-state index in [-0.39, 0.29) is 0 Å². The molecule has 0 saturated heterocycles. The van der Waals surface area contributed by atoms with Gasteiger partial charge in [0.25, 0.3) is 5.89 Å². The fourth-order valence-electron chi connectivity index (χ4n) is 2.73. The number of aryl methyl sites for hydroxylation is 1. The molecule has 2 N–H and O–H groups in total. The summed E-state index contributed by atoms with van der Waals surface area (Å²) in [6.07, 6.45) is 4.06. The van der Waals surface area contributed by atoms with Crippen molar-refractivity contribution in [3.8, 4) is 11.5 Å². The molecule has 0 spiro atoms. The highest BCUT2D eigenvalue weighted by Gasteiger charge is 2.09. The van der Waals surface area contributed by atoms with Gasteiger partial charge in [-0.2, -0.15) is 4.98 Å². The molecule has 0 bridgehead atoms. The number of aliphatic imine (C=N–C) groups is 1. The van der Waals surface area contributed by atoms with Gasteiger partial charge in [-0.25, -0.2) is 0 Å². The Morgan fingerprint density at radius 1 is 1.07 bits per heavy atom. The average molecular weight is 418 g/mol. The number of nitrogens with one attached hydrogen (secondary N) is 2. The van der Waals surface area contributed by atoms with E-state index in [2.05, 4.69) is 45.7 Å². The molecule has 0 aliphatic heterocycles. The van der Waals surface area contributed by atoms with E-state index in [1.165, 1.54) is 0 Å². The van der Waals surface area contributed by atoms with Gasteiger partial charge in [-0.1, -0.05) is 37.6 Å². The third-order valence-corrected chi connectivity index (χ3v) is 4.35. The minimum atomic E-state index is 0.554. The van der Waals surface area contributed by atoms with Gasteiger partial charge in [0.05, 0.1) is 19.8 Å². The van der Waals surface area contributed by atoms with Crippen molar-refractivity contribution < 1.29 is 14.0 Å². The zero-order valence-corrected chi connectivity index (χ0v) is 18.4. The highest BCUT2D eigenvalue weighted by molar-refractivity contribution is 5.79. The molecule has 8 nitrogen and oxygen atoms in total. The SMILES string of the molecule is CCCCOCCOCCNC(=NC)NCc1cccc(-c2nc(CCC)no2)c1. The van der Waals surface area contributed by atoms with Crippen LogP contribution in [0.15, 0.2) is 33.8 Å². The molecule has 0 radical (unpaired) electrons. The van der Waals surface area contributed by atoms with Crippen molar-refractivity contribution in [3.63, 3.8) is 0 Å². The van der Waals surface area contributed by atoms with Crippen molar-refractivity contribution >= 4 is 5.96 Å². The molecule has 0 unspecified atom stereocenters. The Morgan fingerprint density at radius 2 is 1.90 bits per heavy atom. The van der Waals surface area contributed by atoms with Gasteiger partial charge in [-0.05, 0) is 30.5 Å². The highest BCUT2D eigenvalue weighted by atomic mass is 16.5. The van der Waals surface area contributed by atoms with E-state index in [1.807, 2.05) is 18.2 Å². The minimum Gasteiger partial charge on any atom is -0.379 e. The molecule has 1 heterocycles. The van der Waals surface area contributed by atoms with E-state index in [1.54, 1.807) is 7.05 Å². The van der Waals surface area contributed by atoms with Gasteiger partial charge in [0.1, 0.15) is 0 Å². The van der Waals surface area contributed by atoms with Crippen molar-refractivity contribution in [3.05, 3.63) is 35.7 Å². The van der Waals surface area contributed by atoms with E-state index >= 15 is 0 Å². The van der Waals surface area contributed by atoms with Crippen LogP contribution in [0.2, 0.25) is 0 Å². The summed E-state index contributed by atoms with van der Waals surface area (Å²) in [4.78, 5) is 8.70. The normalized spacial score (nSPS) is 11.6. The monoisotopic (exact) mass is 417 g/mol. The fourth-order valence-corrected chi connectivity index (χ4v) is 2.73. The van der Waals surface area contributed by atoms with Crippen molar-refractivity contribution in [2.24, 2.45) is 4.99 Å². The Bertz CT molecular complexity index is 748. The number of benzene rings is 1. The van der Waals surface area contributed by atoms with Gasteiger partial charge in [-0.3, -0.25) is 4.99 Å². The summed E-state index contributed by atoms with van der Waals surface area (Å²) in [6, 6.07) is 8.06. The summed E-state index contributed by atoms with van der Waals surface area (Å²) in [5.74, 6) is 2.03. The fraction of sp³-hybridized carbons (Fsp3) is 0.591. The zero-order valence-electron chi connectivity index (χ0n) is 18.4. The smallest absolute Gasteiger partial charge is 0.257 e. The van der Waals surface area contributed by atoms with E-state index < -0.39 is 0 Å². The molecule has 0 fully saturated rings. The molecule has 2 rings (SSSR count). The molecule has 8 heteroatoms. The molecule has 166 valence electrons. The van der Waals surface area contributed by atoms with Crippen LogP contribution in [0.5, 0.6) is 0 Å². The number of ether oxygens (including phenoxy) is 2. The van der Waals surface area contributed by atoms with Gasteiger partial charge >= 0.3 is 0 Å². The minimum absolute atomic E-state index is 0.554. The Balaban J connectivity index is 1.69. The molecule has 0 saturated carbocycles. The summed E-state index contributed by atoms with van der Waals surface area (Å²) in [6.45, 7) is 8.22. The molecule has 30 heavy (non-hydrogen) atoms. The number of unbranched alkanes of at least 4 members (excludes halogenated alkanes) is 1. The van der Waals surface area contributed by atoms with Crippen molar-refractivity contribution in [2.45, 2.75) is 46.1 Å². The second-order valence-corrected chi connectivity index (χ2v) is 6.90. The molecule has 0 amide bonds. The van der Waals surface area contributed by atoms with Crippen molar-refractivity contribution in [2.75, 3.05) is 40.0 Å². The summed E-state index contributed by atoms with van der Waals surface area (Å²) >= 11 is 0. The standard InChI is InChI=1S/C22H35N5O3/c1-4-6-12-28-14-15-29-13-11-24-22(23-3)25-17-18-9-7-10-19(16-18)21-26-20(8-5-2)27-30-21/h7,9-10,16H,4-6,8,11-15,17H2,1-3H3,(H2,23,24,25). The quantitative estimate of drug-likeness (QED) is 0.277. The highest BCUT2D eigenvalue weighted by Crippen LogP contribution is 2.18. The summed E-state index contributed by atoms with van der Waals surface area (Å²) < 4.78 is 16.4. The zero-order chi connectivity index (χ0) is 21.4. The summed E-state index contributed by atoms with van der Waals surface area (Å²) in [5.41, 5.74) is 2.02. The van der Waals surface area contributed by atoms with Crippen molar-refractivity contribution in [1.82, 2.24) is 20.8 Å². The number of aromatic nitrogens is 2. The van der Waals surface area contributed by atoms with E-state index in [0.29, 0.717) is 38.8 Å². The predicted molar refractivity (Wildman–Crippen MR) is 118 cm³/mol. The van der Waals surface area contributed by atoms with Crippen LogP contribution in [-0.4, -0.2) is 56.1 Å². The maximum Gasteiger partial charge on any atom is 0.257 e.